The summed E-state index contributed by atoms with van der Waals surface area (Å²) in [6.45, 7) is 3.32. The van der Waals surface area contributed by atoms with E-state index in [1.165, 1.54) is 19.1 Å². The SMILES string of the molecule is CC[C@@H](C)[C@H](NC(=O)COC(=O)c1ccc(C2SCCCS2)cc1)C(=O)OC. The highest BCUT2D eigenvalue weighted by Gasteiger charge is 2.27. The largest absolute Gasteiger partial charge is 0.467 e. The number of benzene rings is 1. The lowest BCUT2D eigenvalue weighted by Gasteiger charge is -2.22. The number of hydrogen-bond acceptors (Lipinski definition) is 7. The van der Waals surface area contributed by atoms with Gasteiger partial charge in [-0.15, -0.1) is 23.5 Å². The molecule has 0 unspecified atom stereocenters. The van der Waals surface area contributed by atoms with Crippen molar-refractivity contribution in [2.75, 3.05) is 25.2 Å². The molecule has 0 bridgehead atoms. The molecule has 0 radical (unpaired) electrons. The Balaban J connectivity index is 1.86. The lowest BCUT2D eigenvalue weighted by Crippen LogP contribution is -2.47. The highest BCUT2D eigenvalue weighted by Crippen LogP contribution is 2.43. The van der Waals surface area contributed by atoms with E-state index in [-0.39, 0.29) is 5.92 Å². The summed E-state index contributed by atoms with van der Waals surface area (Å²) in [4.78, 5) is 36.1. The van der Waals surface area contributed by atoms with Gasteiger partial charge in [0.25, 0.3) is 5.91 Å². The van der Waals surface area contributed by atoms with Crippen molar-refractivity contribution in [1.82, 2.24) is 5.32 Å². The first-order chi connectivity index (χ1) is 13.5. The Morgan fingerprint density at radius 3 is 2.39 bits per heavy atom. The van der Waals surface area contributed by atoms with Crippen molar-refractivity contribution in [2.24, 2.45) is 5.92 Å². The number of esters is 2. The van der Waals surface area contributed by atoms with Gasteiger partial charge in [0, 0.05) is 0 Å². The molecule has 0 spiro atoms. The van der Waals surface area contributed by atoms with E-state index in [2.05, 4.69) is 5.32 Å². The Kier molecular flexibility index (Phi) is 9.18. The van der Waals surface area contributed by atoms with Crippen LogP contribution in [0.15, 0.2) is 24.3 Å². The number of hydrogen-bond donors (Lipinski definition) is 1. The third-order valence-electron chi connectivity index (χ3n) is 4.56. The second-order valence-corrected chi connectivity index (χ2v) is 9.30. The molecule has 154 valence electrons. The number of carbonyl (C=O) groups is 3. The Morgan fingerprint density at radius 2 is 1.82 bits per heavy atom. The van der Waals surface area contributed by atoms with Crippen LogP contribution in [0.25, 0.3) is 0 Å². The molecule has 1 heterocycles. The molecule has 1 aromatic rings. The Bertz CT molecular complexity index is 674. The van der Waals surface area contributed by atoms with E-state index in [9.17, 15) is 14.4 Å². The predicted molar refractivity (Wildman–Crippen MR) is 112 cm³/mol. The van der Waals surface area contributed by atoms with Gasteiger partial charge in [-0.2, -0.15) is 0 Å². The molecular formula is C20H27NO5S2. The topological polar surface area (TPSA) is 81.7 Å². The summed E-state index contributed by atoms with van der Waals surface area (Å²) < 4.78 is 10.2. The van der Waals surface area contributed by atoms with Gasteiger partial charge in [0.15, 0.2) is 6.61 Å². The van der Waals surface area contributed by atoms with Gasteiger partial charge in [-0.1, -0.05) is 32.4 Å². The summed E-state index contributed by atoms with van der Waals surface area (Å²) in [5.41, 5.74) is 1.58. The van der Waals surface area contributed by atoms with Crippen molar-refractivity contribution in [2.45, 2.75) is 37.3 Å². The number of ether oxygens (including phenoxy) is 2. The van der Waals surface area contributed by atoms with E-state index in [0.717, 1.165) is 11.5 Å². The Hall–Kier alpha value is -1.67. The predicted octanol–water partition coefficient (Wildman–Crippen LogP) is 3.42. The fourth-order valence-corrected chi connectivity index (χ4v) is 5.58. The highest BCUT2D eigenvalue weighted by atomic mass is 32.2. The van der Waals surface area contributed by atoms with Crippen LogP contribution in [0.4, 0.5) is 0 Å². The standard InChI is InChI=1S/C20H27NO5S2/c1-4-13(2)17(19(24)25-3)21-16(22)12-26-18(23)14-6-8-15(9-7-14)20-27-10-5-11-28-20/h6-9,13,17,20H,4-5,10-12H2,1-3H3,(H,21,22)/t13-,17+/m1/s1. The van der Waals surface area contributed by atoms with E-state index in [1.807, 2.05) is 49.5 Å². The summed E-state index contributed by atoms with van der Waals surface area (Å²) in [5, 5.41) is 2.58. The van der Waals surface area contributed by atoms with Crippen LogP contribution >= 0.6 is 23.5 Å². The minimum Gasteiger partial charge on any atom is -0.467 e. The van der Waals surface area contributed by atoms with Crippen molar-refractivity contribution < 1.29 is 23.9 Å². The van der Waals surface area contributed by atoms with Gasteiger partial charge in [0.1, 0.15) is 6.04 Å². The van der Waals surface area contributed by atoms with E-state index < -0.39 is 30.5 Å². The maximum atomic E-state index is 12.2. The molecule has 1 saturated heterocycles. The van der Waals surface area contributed by atoms with E-state index in [0.29, 0.717) is 16.6 Å². The molecule has 2 atom stereocenters. The summed E-state index contributed by atoms with van der Waals surface area (Å²) in [6.07, 6.45) is 1.93. The average molecular weight is 426 g/mol. The molecule has 1 aliphatic rings. The molecule has 1 fully saturated rings. The molecule has 1 N–H and O–H groups in total. The smallest absolute Gasteiger partial charge is 0.338 e. The van der Waals surface area contributed by atoms with Crippen molar-refractivity contribution in [3.05, 3.63) is 35.4 Å². The molecule has 1 aromatic carbocycles. The Morgan fingerprint density at radius 1 is 1.18 bits per heavy atom. The Labute approximate surface area is 174 Å². The molecule has 0 saturated carbocycles. The van der Waals surface area contributed by atoms with Crippen molar-refractivity contribution in [1.29, 1.82) is 0 Å². The van der Waals surface area contributed by atoms with Crippen LogP contribution in [-0.2, 0) is 19.1 Å². The van der Waals surface area contributed by atoms with Crippen LogP contribution in [0.1, 0.15) is 47.2 Å². The van der Waals surface area contributed by atoms with Gasteiger partial charge in [-0.25, -0.2) is 9.59 Å². The first kappa shape index (κ1) is 22.6. The normalized spacial score (nSPS) is 16.7. The van der Waals surface area contributed by atoms with Crippen LogP contribution in [0, 0.1) is 5.92 Å². The minimum absolute atomic E-state index is 0.0878. The van der Waals surface area contributed by atoms with Gasteiger partial charge in [0.05, 0.1) is 17.3 Å². The van der Waals surface area contributed by atoms with Crippen LogP contribution in [0.3, 0.4) is 0 Å². The first-order valence-electron chi connectivity index (χ1n) is 9.33. The van der Waals surface area contributed by atoms with Gasteiger partial charge in [-0.05, 0) is 41.5 Å². The molecule has 1 amide bonds. The summed E-state index contributed by atoms with van der Waals surface area (Å²) in [7, 11) is 1.28. The molecule has 8 heteroatoms. The number of carbonyl (C=O) groups excluding carboxylic acids is 3. The van der Waals surface area contributed by atoms with Crippen molar-refractivity contribution >= 4 is 41.4 Å². The minimum atomic E-state index is -0.758. The number of nitrogens with one attached hydrogen (secondary N) is 1. The molecule has 0 aliphatic carbocycles. The van der Waals surface area contributed by atoms with Crippen molar-refractivity contribution in [3.8, 4) is 0 Å². The molecule has 2 rings (SSSR count). The third-order valence-corrected chi connectivity index (χ3v) is 7.58. The van der Waals surface area contributed by atoms with Gasteiger partial charge in [-0.3, -0.25) is 4.79 Å². The number of thioether (sulfide) groups is 2. The second kappa shape index (κ2) is 11.4. The first-order valence-corrected chi connectivity index (χ1v) is 11.4. The summed E-state index contributed by atoms with van der Waals surface area (Å²) in [6, 6.07) is 6.56. The molecule has 28 heavy (non-hydrogen) atoms. The zero-order chi connectivity index (χ0) is 20.5. The lowest BCUT2D eigenvalue weighted by atomic mass is 9.99. The van der Waals surface area contributed by atoms with E-state index in [1.54, 1.807) is 12.1 Å². The van der Waals surface area contributed by atoms with Crippen LogP contribution < -0.4 is 5.32 Å². The van der Waals surface area contributed by atoms with Gasteiger partial charge >= 0.3 is 11.9 Å². The quantitative estimate of drug-likeness (QED) is 0.639. The summed E-state index contributed by atoms with van der Waals surface area (Å²) >= 11 is 3.83. The van der Waals surface area contributed by atoms with E-state index >= 15 is 0 Å². The number of amides is 1. The third kappa shape index (κ3) is 6.44. The lowest BCUT2D eigenvalue weighted by molar-refractivity contribution is -0.147. The summed E-state index contributed by atoms with van der Waals surface area (Å²) in [5.74, 6) is 0.609. The number of methoxy groups -OCH3 is 1. The van der Waals surface area contributed by atoms with Crippen LogP contribution in [0.2, 0.25) is 0 Å². The highest BCUT2D eigenvalue weighted by molar-refractivity contribution is 8.16. The van der Waals surface area contributed by atoms with Crippen LogP contribution in [0.5, 0.6) is 0 Å². The number of rotatable bonds is 8. The zero-order valence-corrected chi connectivity index (χ0v) is 18.1. The van der Waals surface area contributed by atoms with Gasteiger partial charge in [0.2, 0.25) is 0 Å². The van der Waals surface area contributed by atoms with E-state index in [4.69, 9.17) is 9.47 Å². The second-order valence-electron chi connectivity index (χ2n) is 6.58. The van der Waals surface area contributed by atoms with Gasteiger partial charge < -0.3 is 14.8 Å². The monoisotopic (exact) mass is 425 g/mol. The maximum absolute atomic E-state index is 12.2. The molecule has 1 aliphatic heterocycles. The molecule has 6 nitrogen and oxygen atoms in total. The average Bonchev–Trinajstić information content (AvgIpc) is 2.75. The fraction of sp³-hybridized carbons (Fsp3) is 0.550. The van der Waals surface area contributed by atoms with Crippen molar-refractivity contribution in [3.63, 3.8) is 0 Å². The molecule has 0 aromatic heterocycles. The fourth-order valence-electron chi connectivity index (χ4n) is 2.68. The van der Waals surface area contributed by atoms with Crippen LogP contribution in [-0.4, -0.2) is 49.1 Å². The maximum Gasteiger partial charge on any atom is 0.338 e. The zero-order valence-electron chi connectivity index (χ0n) is 16.4. The molecular weight excluding hydrogens is 398 g/mol.